The molecule has 0 fully saturated rings. The molecule has 13 heteroatoms. The lowest BCUT2D eigenvalue weighted by atomic mass is 10.0. The summed E-state index contributed by atoms with van der Waals surface area (Å²) in [5, 5.41) is 0.677. The highest BCUT2D eigenvalue weighted by Crippen LogP contribution is 2.52. The summed E-state index contributed by atoms with van der Waals surface area (Å²) in [6, 6.07) is 10.4. The summed E-state index contributed by atoms with van der Waals surface area (Å²) in [5.41, 5.74) is 3.82. The summed E-state index contributed by atoms with van der Waals surface area (Å²) < 4.78 is 51.2. The molecule has 0 aliphatic heterocycles. The van der Waals surface area contributed by atoms with Crippen molar-refractivity contribution >= 4 is 30.5 Å². The molecular weight excluding hydrogens is 600 g/mol. The second-order valence-electron chi connectivity index (χ2n) is 10.4. The van der Waals surface area contributed by atoms with E-state index in [9.17, 15) is 13.8 Å². The Morgan fingerprint density at radius 1 is 1.04 bits per heavy atom. The molecule has 0 radical (unpaired) electrons. The third kappa shape index (κ3) is 8.22. The first kappa shape index (κ1) is 34.0. The van der Waals surface area contributed by atoms with Crippen LogP contribution >= 0.6 is 7.82 Å². The molecule has 0 N–H and O–H groups in total. The van der Waals surface area contributed by atoms with E-state index in [-0.39, 0.29) is 19.1 Å². The first-order chi connectivity index (χ1) is 21.5. The summed E-state index contributed by atoms with van der Waals surface area (Å²) in [6.45, 7) is 6.00. The number of ether oxygens (including phenoxy) is 1. The van der Waals surface area contributed by atoms with Gasteiger partial charge in [0.25, 0.3) is 0 Å². The van der Waals surface area contributed by atoms with Crippen molar-refractivity contribution in [2.75, 3.05) is 52.9 Å². The Morgan fingerprint density at radius 2 is 1.78 bits per heavy atom. The van der Waals surface area contributed by atoms with E-state index in [4.69, 9.17) is 23.3 Å². The van der Waals surface area contributed by atoms with Crippen LogP contribution < -0.4 is 9.64 Å². The van der Waals surface area contributed by atoms with E-state index in [0.29, 0.717) is 40.1 Å². The number of phosphoric acid groups is 1. The van der Waals surface area contributed by atoms with Gasteiger partial charge >= 0.3 is 7.82 Å². The lowest BCUT2D eigenvalue weighted by Crippen LogP contribution is -2.24. The largest absolute Gasteiger partial charge is 0.497 e. The van der Waals surface area contributed by atoms with Gasteiger partial charge in [0.15, 0.2) is 0 Å². The van der Waals surface area contributed by atoms with Crippen LogP contribution in [-0.4, -0.2) is 73.4 Å². The number of phosphoric ester groups is 1. The monoisotopic (exact) mass is 639 g/mol. The van der Waals surface area contributed by atoms with E-state index in [1.54, 1.807) is 75.0 Å². The average molecular weight is 640 g/mol. The van der Waals surface area contributed by atoms with Crippen molar-refractivity contribution in [2.45, 2.75) is 27.0 Å². The molecule has 45 heavy (non-hydrogen) atoms. The summed E-state index contributed by atoms with van der Waals surface area (Å²) in [7, 11) is 3.25. The van der Waals surface area contributed by atoms with E-state index in [1.807, 2.05) is 37.2 Å². The number of fused-ring (bicyclic) bond motifs is 1. The van der Waals surface area contributed by atoms with Gasteiger partial charge in [-0.2, -0.15) is 4.39 Å². The number of carbonyl (C=O) groups is 1. The van der Waals surface area contributed by atoms with Crippen LogP contribution in [0.4, 0.5) is 10.1 Å². The third-order valence-electron chi connectivity index (χ3n) is 6.86. The molecule has 3 aromatic heterocycles. The molecule has 0 bridgehead atoms. The molecule has 0 spiro atoms. The molecule has 0 aliphatic rings. The van der Waals surface area contributed by atoms with Crippen molar-refractivity contribution in [3.8, 4) is 28.0 Å². The number of amides is 1. The molecule has 0 aliphatic carbocycles. The summed E-state index contributed by atoms with van der Waals surface area (Å²) in [4.78, 5) is 24.9. The van der Waals surface area contributed by atoms with Crippen LogP contribution in [0.5, 0.6) is 5.75 Å². The summed E-state index contributed by atoms with van der Waals surface area (Å²) in [6.07, 6.45) is 7.35. The Labute approximate surface area is 262 Å². The molecule has 1 amide bonds. The van der Waals surface area contributed by atoms with E-state index in [0.717, 1.165) is 11.1 Å². The SMILES string of the molecule is CCOP(=O)(OCC)OC(C)n1cc(-c2ccnc(F)c2)c2cc(-c3cc(OC)cc(N(C)C(=O)C=CCN(C)C)c3)cnc21. The number of hydrogen-bond donors (Lipinski definition) is 0. The van der Waals surface area contributed by atoms with Crippen LogP contribution in [-0.2, 0) is 22.9 Å². The Hall–Kier alpha value is -3.93. The minimum atomic E-state index is -3.86. The van der Waals surface area contributed by atoms with Crippen LogP contribution in [0.25, 0.3) is 33.3 Å². The summed E-state index contributed by atoms with van der Waals surface area (Å²) in [5.74, 6) is -0.268. The molecule has 1 aromatic carbocycles. The normalized spacial score (nSPS) is 12.7. The number of methoxy groups -OCH3 is 1. The predicted molar refractivity (Wildman–Crippen MR) is 173 cm³/mol. The van der Waals surface area contributed by atoms with Gasteiger partial charge in [0, 0.05) is 72.6 Å². The maximum atomic E-state index is 14.3. The second kappa shape index (κ2) is 14.9. The van der Waals surface area contributed by atoms with Gasteiger partial charge in [0.05, 0.1) is 20.3 Å². The molecule has 4 rings (SSSR count). The van der Waals surface area contributed by atoms with Gasteiger partial charge in [-0.15, -0.1) is 0 Å². The fourth-order valence-electron chi connectivity index (χ4n) is 4.68. The van der Waals surface area contributed by atoms with Gasteiger partial charge in [0.1, 0.15) is 17.6 Å². The number of pyridine rings is 2. The number of likely N-dealkylation sites (N-methyl/N-ethyl adjacent to an activating group) is 2. The zero-order valence-corrected chi connectivity index (χ0v) is 27.5. The quantitative estimate of drug-likeness (QED) is 0.0845. The highest BCUT2D eigenvalue weighted by Gasteiger charge is 2.30. The fraction of sp³-hybridized carbons (Fsp3) is 0.344. The minimum absolute atomic E-state index is 0.134. The highest BCUT2D eigenvalue weighted by atomic mass is 31.2. The zero-order valence-electron chi connectivity index (χ0n) is 26.6. The van der Waals surface area contributed by atoms with E-state index in [1.165, 1.54) is 18.3 Å². The molecule has 240 valence electrons. The van der Waals surface area contributed by atoms with E-state index >= 15 is 0 Å². The van der Waals surface area contributed by atoms with Gasteiger partial charge in [-0.05, 0) is 70.3 Å². The van der Waals surface area contributed by atoms with Crippen molar-refractivity contribution in [3.05, 3.63) is 73.1 Å². The minimum Gasteiger partial charge on any atom is -0.497 e. The lowest BCUT2D eigenvalue weighted by molar-refractivity contribution is -0.113. The molecule has 4 aromatic rings. The number of anilines is 1. The maximum absolute atomic E-state index is 14.3. The number of carbonyl (C=O) groups excluding carboxylic acids is 1. The Morgan fingerprint density at radius 3 is 2.42 bits per heavy atom. The maximum Gasteiger partial charge on any atom is 0.476 e. The van der Waals surface area contributed by atoms with Crippen LogP contribution in [0.15, 0.2) is 67.1 Å². The van der Waals surface area contributed by atoms with Gasteiger partial charge in [-0.3, -0.25) is 18.4 Å². The molecular formula is C32H39FN5O6P. The van der Waals surface area contributed by atoms with Crippen molar-refractivity contribution in [2.24, 2.45) is 0 Å². The topological polar surface area (TPSA) is 108 Å². The van der Waals surface area contributed by atoms with E-state index in [2.05, 4.69) is 4.98 Å². The molecule has 3 heterocycles. The van der Waals surface area contributed by atoms with Crippen molar-refractivity contribution in [1.29, 1.82) is 0 Å². The number of aromatic nitrogens is 3. The van der Waals surface area contributed by atoms with Gasteiger partial charge < -0.3 is 19.1 Å². The van der Waals surface area contributed by atoms with E-state index < -0.39 is 20.0 Å². The predicted octanol–water partition coefficient (Wildman–Crippen LogP) is 6.71. The number of benzene rings is 1. The van der Waals surface area contributed by atoms with Gasteiger partial charge in [-0.25, -0.2) is 14.5 Å². The average Bonchev–Trinajstić information content (AvgIpc) is 3.39. The Bertz CT molecular complexity index is 1720. The van der Waals surface area contributed by atoms with Crippen LogP contribution in [0.2, 0.25) is 0 Å². The Kier molecular flexibility index (Phi) is 11.2. The number of hydrogen-bond acceptors (Lipinski definition) is 9. The van der Waals surface area contributed by atoms with Gasteiger partial charge in [-0.1, -0.05) is 6.08 Å². The number of nitrogens with zero attached hydrogens (tertiary/aromatic N) is 5. The molecule has 0 saturated heterocycles. The van der Waals surface area contributed by atoms with Gasteiger partial charge in [0.2, 0.25) is 11.9 Å². The van der Waals surface area contributed by atoms with Crippen molar-refractivity contribution < 1.29 is 32.1 Å². The van der Waals surface area contributed by atoms with Crippen LogP contribution in [0.1, 0.15) is 27.0 Å². The summed E-state index contributed by atoms with van der Waals surface area (Å²) >= 11 is 0. The molecule has 1 atom stereocenters. The number of halogens is 1. The van der Waals surface area contributed by atoms with Crippen molar-refractivity contribution in [1.82, 2.24) is 19.4 Å². The standard InChI is InChI=1S/C32H39FN5O6P/c1-8-42-45(40,43-9-2)44-22(3)38-21-29(23-12-13-34-30(33)18-23)28-17-25(20-35-32(28)38)24-15-26(19-27(16-24)41-7)37(6)31(39)11-10-14-36(4)5/h10-13,15-22H,8-9,14H2,1-7H3. The second-order valence-corrected chi connectivity index (χ2v) is 12.0. The first-order valence-electron chi connectivity index (χ1n) is 14.5. The smallest absolute Gasteiger partial charge is 0.476 e. The lowest BCUT2D eigenvalue weighted by Gasteiger charge is -2.22. The zero-order chi connectivity index (χ0) is 32.7. The van der Waals surface area contributed by atoms with Crippen LogP contribution in [0, 0.1) is 5.95 Å². The van der Waals surface area contributed by atoms with Crippen LogP contribution in [0.3, 0.4) is 0 Å². The first-order valence-corrected chi connectivity index (χ1v) is 15.9. The molecule has 11 nitrogen and oxygen atoms in total. The number of rotatable bonds is 14. The molecule has 1 unspecified atom stereocenters. The molecule has 0 saturated carbocycles. The third-order valence-corrected chi connectivity index (χ3v) is 8.58. The Balaban J connectivity index is 1.82. The van der Waals surface area contributed by atoms with Crippen molar-refractivity contribution in [3.63, 3.8) is 0 Å². The highest BCUT2D eigenvalue weighted by molar-refractivity contribution is 7.48. The fourth-order valence-corrected chi connectivity index (χ4v) is 5.99.